The van der Waals surface area contributed by atoms with Gasteiger partial charge in [-0.1, -0.05) is 12.1 Å². The van der Waals surface area contributed by atoms with Gasteiger partial charge in [-0.15, -0.1) is 0 Å². The van der Waals surface area contributed by atoms with Crippen LogP contribution >= 0.6 is 0 Å². The summed E-state index contributed by atoms with van der Waals surface area (Å²) in [6, 6.07) is 6.10. The molecule has 0 saturated heterocycles. The summed E-state index contributed by atoms with van der Waals surface area (Å²) in [5, 5.41) is -1.27. The quantitative estimate of drug-likeness (QED) is 0.826. The molecule has 1 aromatic carbocycles. The van der Waals surface area contributed by atoms with E-state index in [-0.39, 0.29) is 10.6 Å². The van der Waals surface area contributed by atoms with Gasteiger partial charge < -0.3 is 10.5 Å². The van der Waals surface area contributed by atoms with Crippen molar-refractivity contribution in [3.63, 3.8) is 0 Å². The van der Waals surface area contributed by atoms with Crippen LogP contribution in [0.1, 0.15) is 6.92 Å². The lowest BCUT2D eigenvalue weighted by atomic mass is 10.3. The molecule has 0 radical (unpaired) electrons. The van der Waals surface area contributed by atoms with Gasteiger partial charge in [0.2, 0.25) is 5.91 Å². The van der Waals surface area contributed by atoms with Crippen LogP contribution in [0.2, 0.25) is 0 Å². The number of amides is 1. The number of rotatable bonds is 4. The number of hydrogen-bond donors (Lipinski definition) is 1. The van der Waals surface area contributed by atoms with Gasteiger partial charge in [0.15, 0.2) is 9.84 Å². The van der Waals surface area contributed by atoms with Crippen LogP contribution in [-0.4, -0.2) is 26.7 Å². The molecule has 88 valence electrons. The standard InChI is InChI=1S/C10H13NO4S/c1-7(10(11)12)16(13,14)9-6-4-3-5-8(9)15-2/h3-7H,1-2H3,(H2,11,12). The summed E-state index contributed by atoms with van der Waals surface area (Å²) in [4.78, 5) is 10.9. The molecule has 0 fully saturated rings. The van der Waals surface area contributed by atoms with Crippen LogP contribution in [-0.2, 0) is 14.6 Å². The van der Waals surface area contributed by atoms with Crippen molar-refractivity contribution >= 4 is 15.7 Å². The molecule has 0 saturated carbocycles. The first-order chi connectivity index (χ1) is 7.41. The van der Waals surface area contributed by atoms with Crippen LogP contribution in [0.3, 0.4) is 0 Å². The molecular formula is C10H13NO4S. The topological polar surface area (TPSA) is 86.5 Å². The molecule has 0 aromatic heterocycles. The Labute approximate surface area is 94.1 Å². The van der Waals surface area contributed by atoms with Crippen LogP contribution in [0.5, 0.6) is 5.75 Å². The zero-order valence-corrected chi connectivity index (χ0v) is 9.82. The number of sulfone groups is 1. The van der Waals surface area contributed by atoms with Crippen molar-refractivity contribution in [2.75, 3.05) is 7.11 Å². The van der Waals surface area contributed by atoms with Crippen molar-refractivity contribution in [3.05, 3.63) is 24.3 Å². The van der Waals surface area contributed by atoms with E-state index in [1.807, 2.05) is 0 Å². The van der Waals surface area contributed by atoms with Crippen molar-refractivity contribution in [1.29, 1.82) is 0 Å². The second kappa shape index (κ2) is 4.52. The lowest BCUT2D eigenvalue weighted by Gasteiger charge is -2.12. The highest BCUT2D eigenvalue weighted by atomic mass is 32.2. The molecule has 6 heteroatoms. The average Bonchev–Trinajstić information content (AvgIpc) is 2.27. The second-order valence-corrected chi connectivity index (χ2v) is 5.48. The van der Waals surface area contributed by atoms with E-state index in [4.69, 9.17) is 10.5 Å². The Bertz CT molecular complexity index is 495. The van der Waals surface area contributed by atoms with Gasteiger partial charge in [0, 0.05) is 0 Å². The van der Waals surface area contributed by atoms with Gasteiger partial charge in [-0.3, -0.25) is 4.79 Å². The van der Waals surface area contributed by atoms with Crippen LogP contribution in [0.15, 0.2) is 29.2 Å². The summed E-state index contributed by atoms with van der Waals surface area (Å²) in [7, 11) is -2.42. The molecule has 2 N–H and O–H groups in total. The fourth-order valence-electron chi connectivity index (χ4n) is 1.20. The predicted octanol–water partition coefficient (Wildman–Crippen LogP) is 0.343. The maximum atomic E-state index is 12.0. The van der Waals surface area contributed by atoms with E-state index >= 15 is 0 Å². The van der Waals surface area contributed by atoms with Crippen molar-refractivity contribution in [2.45, 2.75) is 17.1 Å². The molecule has 1 unspecified atom stereocenters. The highest BCUT2D eigenvalue weighted by Crippen LogP contribution is 2.26. The van der Waals surface area contributed by atoms with E-state index < -0.39 is 21.0 Å². The highest BCUT2D eigenvalue weighted by Gasteiger charge is 2.30. The lowest BCUT2D eigenvalue weighted by molar-refractivity contribution is -0.117. The molecule has 0 aliphatic rings. The minimum Gasteiger partial charge on any atom is -0.495 e. The summed E-state index contributed by atoms with van der Waals surface area (Å²) < 4.78 is 28.9. The maximum Gasteiger partial charge on any atom is 0.235 e. The molecule has 1 aromatic rings. The van der Waals surface area contributed by atoms with Crippen molar-refractivity contribution < 1.29 is 17.9 Å². The van der Waals surface area contributed by atoms with E-state index in [1.165, 1.54) is 26.2 Å². The molecule has 0 aliphatic heterocycles. The summed E-state index contributed by atoms with van der Waals surface area (Å²) in [5.41, 5.74) is 4.99. The van der Waals surface area contributed by atoms with Crippen LogP contribution in [0, 0.1) is 0 Å². The van der Waals surface area contributed by atoms with Gasteiger partial charge >= 0.3 is 0 Å². The first-order valence-corrected chi connectivity index (χ1v) is 6.12. The van der Waals surface area contributed by atoms with Crippen molar-refractivity contribution in [1.82, 2.24) is 0 Å². The number of ether oxygens (including phenoxy) is 1. The monoisotopic (exact) mass is 243 g/mol. The van der Waals surface area contributed by atoms with E-state index in [0.29, 0.717) is 0 Å². The number of hydrogen-bond acceptors (Lipinski definition) is 4. The van der Waals surface area contributed by atoms with Crippen molar-refractivity contribution in [3.8, 4) is 5.75 Å². The molecular weight excluding hydrogens is 230 g/mol. The molecule has 1 atom stereocenters. The number of carbonyl (C=O) groups excluding carboxylic acids is 1. The summed E-state index contributed by atoms with van der Waals surface area (Å²) in [6.07, 6.45) is 0. The SMILES string of the molecule is COc1ccccc1S(=O)(=O)C(C)C(N)=O. The minimum atomic E-state index is -3.78. The fourth-order valence-corrected chi connectivity index (χ4v) is 2.58. The predicted molar refractivity (Wildman–Crippen MR) is 58.8 cm³/mol. The Balaban J connectivity index is 3.33. The fraction of sp³-hybridized carbons (Fsp3) is 0.300. The third-order valence-electron chi connectivity index (χ3n) is 2.24. The Hall–Kier alpha value is -1.56. The number of benzene rings is 1. The number of primary amides is 1. The van der Waals surface area contributed by atoms with Gasteiger partial charge in [-0.05, 0) is 19.1 Å². The number of para-hydroxylation sites is 1. The molecule has 0 spiro atoms. The van der Waals surface area contributed by atoms with E-state index in [9.17, 15) is 13.2 Å². The molecule has 0 heterocycles. The molecule has 16 heavy (non-hydrogen) atoms. The largest absolute Gasteiger partial charge is 0.495 e. The summed E-state index contributed by atoms with van der Waals surface area (Å²) in [5.74, 6) is -0.679. The van der Waals surface area contributed by atoms with Gasteiger partial charge in [0.05, 0.1) is 7.11 Å². The minimum absolute atomic E-state index is 0.0243. The zero-order valence-electron chi connectivity index (χ0n) is 9.01. The summed E-state index contributed by atoms with van der Waals surface area (Å²) >= 11 is 0. The average molecular weight is 243 g/mol. The van der Waals surface area contributed by atoms with Gasteiger partial charge in [-0.2, -0.15) is 0 Å². The maximum absolute atomic E-state index is 12.0. The van der Waals surface area contributed by atoms with Gasteiger partial charge in [0.25, 0.3) is 0 Å². The zero-order chi connectivity index (χ0) is 12.3. The lowest BCUT2D eigenvalue weighted by Crippen LogP contribution is -2.33. The molecule has 1 rings (SSSR count). The molecule has 0 aliphatic carbocycles. The van der Waals surface area contributed by atoms with E-state index in [1.54, 1.807) is 12.1 Å². The number of carbonyl (C=O) groups is 1. The van der Waals surface area contributed by atoms with E-state index in [0.717, 1.165) is 0 Å². The highest BCUT2D eigenvalue weighted by molar-refractivity contribution is 7.92. The van der Waals surface area contributed by atoms with Crippen molar-refractivity contribution in [2.24, 2.45) is 5.73 Å². The number of nitrogens with two attached hydrogens (primary N) is 1. The number of methoxy groups -OCH3 is 1. The molecule has 0 bridgehead atoms. The molecule has 1 amide bonds. The Morgan fingerprint density at radius 3 is 2.44 bits per heavy atom. The van der Waals surface area contributed by atoms with Gasteiger partial charge in [0.1, 0.15) is 15.9 Å². The third kappa shape index (κ3) is 2.16. The van der Waals surface area contributed by atoms with E-state index in [2.05, 4.69) is 0 Å². The molecule has 5 nitrogen and oxygen atoms in total. The normalized spacial score (nSPS) is 13.1. The summed E-state index contributed by atoms with van der Waals surface area (Å²) in [6.45, 7) is 1.25. The third-order valence-corrected chi connectivity index (χ3v) is 4.36. The van der Waals surface area contributed by atoms with Crippen LogP contribution < -0.4 is 10.5 Å². The smallest absolute Gasteiger partial charge is 0.235 e. The Morgan fingerprint density at radius 1 is 1.38 bits per heavy atom. The van der Waals surface area contributed by atoms with Gasteiger partial charge in [-0.25, -0.2) is 8.42 Å². The second-order valence-electron chi connectivity index (χ2n) is 3.24. The van der Waals surface area contributed by atoms with Crippen LogP contribution in [0.4, 0.5) is 0 Å². The Morgan fingerprint density at radius 2 is 1.94 bits per heavy atom. The Kier molecular flexibility index (Phi) is 3.54. The van der Waals surface area contributed by atoms with Crippen LogP contribution in [0.25, 0.3) is 0 Å². The first-order valence-electron chi connectivity index (χ1n) is 4.57. The first kappa shape index (κ1) is 12.5.